The van der Waals surface area contributed by atoms with Crippen LogP contribution in [-0.4, -0.2) is 35.4 Å². The molecule has 0 saturated carbocycles. The number of amides is 1. The minimum Gasteiger partial charge on any atom is -0.361 e. The van der Waals surface area contributed by atoms with Gasteiger partial charge < -0.3 is 10.2 Å². The first-order valence-corrected chi connectivity index (χ1v) is 10.0. The number of benzene rings is 2. The molecule has 1 aliphatic heterocycles. The zero-order chi connectivity index (χ0) is 19.0. The zero-order valence-corrected chi connectivity index (χ0v) is 16.4. The Bertz CT molecular complexity index is 1010. The molecule has 140 valence electrons. The van der Waals surface area contributed by atoms with E-state index >= 15 is 0 Å². The van der Waals surface area contributed by atoms with Gasteiger partial charge in [0.05, 0.1) is 20.8 Å². The highest BCUT2D eigenvalue weighted by Gasteiger charge is 2.28. The number of nitrogens with one attached hydrogen (secondary N) is 1. The van der Waals surface area contributed by atoms with Gasteiger partial charge in [0, 0.05) is 19.6 Å². The molecule has 7 heteroatoms. The zero-order valence-electron chi connectivity index (χ0n) is 14.8. The maximum atomic E-state index is 13.3. The van der Waals surface area contributed by atoms with Crippen molar-refractivity contribution in [3.05, 3.63) is 58.4 Å². The highest BCUT2D eigenvalue weighted by Crippen LogP contribution is 2.28. The van der Waals surface area contributed by atoms with Crippen molar-refractivity contribution in [2.24, 2.45) is 5.92 Å². The molecule has 2 aromatic carbocycles. The molecule has 1 atom stereocenters. The number of hydrogen-bond donors (Lipinski definition) is 1. The number of halogens is 2. The van der Waals surface area contributed by atoms with Crippen molar-refractivity contribution in [2.45, 2.75) is 13.3 Å². The lowest BCUT2D eigenvalue weighted by atomic mass is 10.1. The predicted molar refractivity (Wildman–Crippen MR) is 108 cm³/mol. The van der Waals surface area contributed by atoms with Crippen LogP contribution < -0.4 is 5.32 Å². The van der Waals surface area contributed by atoms with E-state index in [1.54, 1.807) is 12.1 Å². The van der Waals surface area contributed by atoms with Crippen molar-refractivity contribution >= 4 is 44.2 Å². The molecule has 3 aromatic rings. The normalized spacial score (nSPS) is 16.9. The summed E-state index contributed by atoms with van der Waals surface area (Å²) in [6.07, 6.45) is 0.932. The summed E-state index contributed by atoms with van der Waals surface area (Å²) >= 11 is 7.65. The predicted octanol–water partition coefficient (Wildman–Crippen LogP) is 4.97. The summed E-state index contributed by atoms with van der Waals surface area (Å²) in [6.45, 7) is 4.09. The van der Waals surface area contributed by atoms with Gasteiger partial charge in [-0.15, -0.1) is 0 Å². The molecule has 0 unspecified atom stereocenters. The number of likely N-dealkylation sites (tertiary alicyclic amines) is 1. The number of fused-ring (bicyclic) bond motifs is 1. The van der Waals surface area contributed by atoms with E-state index in [9.17, 15) is 9.18 Å². The highest BCUT2D eigenvalue weighted by molar-refractivity contribution is 7.22. The Labute approximate surface area is 166 Å². The van der Waals surface area contributed by atoms with Gasteiger partial charge in [-0.1, -0.05) is 34.6 Å². The van der Waals surface area contributed by atoms with Crippen molar-refractivity contribution in [3.63, 3.8) is 0 Å². The molecular formula is C20H19ClFN3OS. The van der Waals surface area contributed by atoms with Crippen molar-refractivity contribution in [2.75, 3.05) is 25.0 Å². The number of hydrogen-bond acceptors (Lipinski definition) is 4. The fraction of sp³-hybridized carbons (Fsp3) is 0.300. The number of nitrogens with zero attached hydrogens (tertiary/aromatic N) is 2. The Hall–Kier alpha value is -2.18. The number of rotatable bonds is 4. The fourth-order valence-electron chi connectivity index (χ4n) is 3.36. The van der Waals surface area contributed by atoms with E-state index in [0.29, 0.717) is 23.0 Å². The summed E-state index contributed by atoms with van der Waals surface area (Å²) in [4.78, 5) is 19.1. The van der Waals surface area contributed by atoms with Gasteiger partial charge >= 0.3 is 0 Å². The van der Waals surface area contributed by atoms with Crippen LogP contribution in [0.15, 0.2) is 36.4 Å². The molecule has 0 radical (unpaired) electrons. The van der Waals surface area contributed by atoms with E-state index < -0.39 is 0 Å². The van der Waals surface area contributed by atoms with E-state index in [1.807, 2.05) is 24.0 Å². The van der Waals surface area contributed by atoms with Gasteiger partial charge in [0.1, 0.15) is 5.82 Å². The summed E-state index contributed by atoms with van der Waals surface area (Å²) in [5.41, 5.74) is 2.38. The van der Waals surface area contributed by atoms with Crippen LogP contribution in [-0.2, 0) is 0 Å². The standard InChI is InChI=1S/C20H19ClFN3OS/c1-12-2-4-16(21)15(8-12)19(26)25-7-6-13(11-25)10-23-20-24-17-5-3-14(22)9-18(17)27-20/h2-5,8-9,13H,6-7,10-11H2,1H3,(H,23,24)/t13-/m1/s1. The Balaban J connectivity index is 1.37. The number of aromatic nitrogens is 1. The van der Waals surface area contributed by atoms with Gasteiger partial charge in [-0.2, -0.15) is 0 Å². The van der Waals surface area contributed by atoms with Crippen molar-refractivity contribution in [3.8, 4) is 0 Å². The van der Waals surface area contributed by atoms with Gasteiger partial charge in [0.15, 0.2) is 5.13 Å². The lowest BCUT2D eigenvalue weighted by Gasteiger charge is -2.18. The second-order valence-electron chi connectivity index (χ2n) is 6.90. The molecule has 1 aromatic heterocycles. The summed E-state index contributed by atoms with van der Waals surface area (Å²) in [6, 6.07) is 10.1. The third kappa shape index (κ3) is 3.92. The third-order valence-corrected chi connectivity index (χ3v) is 6.12. The molecule has 4 nitrogen and oxygen atoms in total. The molecular weight excluding hydrogens is 385 g/mol. The van der Waals surface area contributed by atoms with Gasteiger partial charge in [-0.3, -0.25) is 4.79 Å². The molecule has 1 amide bonds. The number of carbonyl (C=O) groups is 1. The van der Waals surface area contributed by atoms with Gasteiger partial charge in [0.25, 0.3) is 5.91 Å². The molecule has 2 heterocycles. The monoisotopic (exact) mass is 403 g/mol. The van der Waals surface area contributed by atoms with Crippen molar-refractivity contribution in [1.29, 1.82) is 0 Å². The van der Waals surface area contributed by atoms with Crippen LogP contribution >= 0.6 is 22.9 Å². The minimum absolute atomic E-state index is 0.0123. The Morgan fingerprint density at radius 1 is 1.37 bits per heavy atom. The molecule has 0 bridgehead atoms. The third-order valence-electron chi connectivity index (χ3n) is 4.82. The molecule has 27 heavy (non-hydrogen) atoms. The maximum Gasteiger partial charge on any atom is 0.255 e. The molecule has 1 N–H and O–H groups in total. The first-order valence-electron chi connectivity index (χ1n) is 8.85. The molecule has 4 rings (SSSR count). The Morgan fingerprint density at radius 3 is 3.07 bits per heavy atom. The second kappa shape index (κ2) is 7.44. The Morgan fingerprint density at radius 2 is 2.22 bits per heavy atom. The maximum absolute atomic E-state index is 13.3. The first kappa shape index (κ1) is 18.2. The second-order valence-corrected chi connectivity index (χ2v) is 8.34. The van der Waals surface area contributed by atoms with Gasteiger partial charge in [-0.05, 0) is 49.6 Å². The lowest BCUT2D eigenvalue weighted by Crippen LogP contribution is -2.30. The summed E-state index contributed by atoms with van der Waals surface area (Å²) in [7, 11) is 0. The smallest absolute Gasteiger partial charge is 0.255 e. The summed E-state index contributed by atoms with van der Waals surface area (Å²) < 4.78 is 14.1. The number of aryl methyl sites for hydroxylation is 1. The first-order chi connectivity index (χ1) is 13.0. The van der Waals surface area contributed by atoms with Crippen LogP contribution in [0.4, 0.5) is 9.52 Å². The van der Waals surface area contributed by atoms with Crippen molar-refractivity contribution in [1.82, 2.24) is 9.88 Å². The largest absolute Gasteiger partial charge is 0.361 e. The SMILES string of the molecule is Cc1ccc(Cl)c(C(=O)N2CC[C@H](CNc3nc4ccc(F)cc4s3)C2)c1. The van der Waals surface area contributed by atoms with Crippen LogP contribution in [0, 0.1) is 18.7 Å². The van der Waals surface area contributed by atoms with Gasteiger partial charge in [0.2, 0.25) is 0 Å². The highest BCUT2D eigenvalue weighted by atomic mass is 35.5. The number of carbonyl (C=O) groups excluding carboxylic acids is 1. The van der Waals surface area contributed by atoms with Crippen molar-refractivity contribution < 1.29 is 9.18 Å². The van der Waals surface area contributed by atoms with E-state index in [2.05, 4.69) is 10.3 Å². The molecule has 1 saturated heterocycles. The van der Waals surface area contributed by atoms with E-state index in [4.69, 9.17) is 11.6 Å². The van der Waals surface area contributed by atoms with E-state index in [1.165, 1.54) is 23.5 Å². The number of thiazole rings is 1. The molecule has 1 fully saturated rings. The topological polar surface area (TPSA) is 45.2 Å². The summed E-state index contributed by atoms with van der Waals surface area (Å²) in [5, 5.41) is 4.61. The van der Waals surface area contributed by atoms with Crippen LogP contribution in [0.25, 0.3) is 10.2 Å². The number of anilines is 1. The average molecular weight is 404 g/mol. The van der Waals surface area contributed by atoms with Crippen LogP contribution in [0.2, 0.25) is 5.02 Å². The fourth-order valence-corrected chi connectivity index (χ4v) is 4.46. The van der Waals surface area contributed by atoms with Crippen LogP contribution in [0.1, 0.15) is 22.3 Å². The van der Waals surface area contributed by atoms with Crippen LogP contribution in [0.5, 0.6) is 0 Å². The minimum atomic E-state index is -0.252. The van der Waals surface area contributed by atoms with E-state index in [-0.39, 0.29) is 11.7 Å². The van der Waals surface area contributed by atoms with Crippen LogP contribution in [0.3, 0.4) is 0 Å². The lowest BCUT2D eigenvalue weighted by molar-refractivity contribution is 0.0788. The van der Waals surface area contributed by atoms with Gasteiger partial charge in [-0.25, -0.2) is 9.37 Å². The molecule has 0 aliphatic carbocycles. The average Bonchev–Trinajstić information content (AvgIpc) is 3.27. The Kier molecular flexibility index (Phi) is 5.02. The summed E-state index contributed by atoms with van der Waals surface area (Å²) in [5.74, 6) is 0.0837. The molecule has 1 aliphatic rings. The van der Waals surface area contributed by atoms with E-state index in [0.717, 1.165) is 40.4 Å². The molecule has 0 spiro atoms. The quantitative estimate of drug-likeness (QED) is 0.668.